The number of ether oxygens (including phenoxy) is 3. The first-order valence-electron chi connectivity index (χ1n) is 16.8. The van der Waals surface area contributed by atoms with Crippen LogP contribution in [-0.4, -0.2) is 73.8 Å². The number of benzene rings is 2. The smallest absolute Gasteiger partial charge is 0.407 e. The number of rotatable bonds is 16. The highest BCUT2D eigenvalue weighted by atomic mass is 16.5. The van der Waals surface area contributed by atoms with E-state index in [1.807, 2.05) is 30.3 Å². The molecule has 1 aliphatic heterocycles. The molecule has 0 aromatic heterocycles. The average Bonchev–Trinajstić information content (AvgIpc) is 3.57. The van der Waals surface area contributed by atoms with Crippen molar-refractivity contribution in [2.24, 2.45) is 0 Å². The van der Waals surface area contributed by atoms with Crippen LogP contribution in [0, 0.1) is 0 Å². The zero-order chi connectivity index (χ0) is 34.5. The third-order valence-electron chi connectivity index (χ3n) is 6.92. The summed E-state index contributed by atoms with van der Waals surface area (Å²) in [6, 6.07) is 4.30. The van der Waals surface area contributed by atoms with Gasteiger partial charge in [0.25, 0.3) is 0 Å². The fourth-order valence-electron chi connectivity index (χ4n) is 4.77. The summed E-state index contributed by atoms with van der Waals surface area (Å²) >= 11 is 0. The van der Waals surface area contributed by atoms with E-state index in [-0.39, 0.29) is 56.7 Å². The van der Waals surface area contributed by atoms with Crippen LogP contribution in [0.1, 0.15) is 63.4 Å². The van der Waals surface area contributed by atoms with E-state index in [2.05, 4.69) is 10.6 Å². The van der Waals surface area contributed by atoms with Crippen LogP contribution < -0.4 is 10.6 Å². The maximum absolute atomic E-state index is 13.9. The number of hydrogen-bond acceptors (Lipinski definition) is 8. The van der Waals surface area contributed by atoms with Crippen molar-refractivity contribution >= 4 is 23.9 Å². The van der Waals surface area contributed by atoms with Crippen molar-refractivity contribution in [3.63, 3.8) is 0 Å². The van der Waals surface area contributed by atoms with Gasteiger partial charge in [0, 0.05) is 13.1 Å². The molecule has 0 spiro atoms. The Hall–Kier alpha value is -3.92. The minimum absolute atomic E-state index is 0.0220. The van der Waals surface area contributed by atoms with Gasteiger partial charge < -0.3 is 24.4 Å². The molecule has 42 heavy (non-hydrogen) atoms. The first-order valence-corrected chi connectivity index (χ1v) is 14.3. The number of carbonyl (C=O) groups is 4. The largest absolute Gasteiger partial charge is 0.467 e. The van der Waals surface area contributed by atoms with Crippen molar-refractivity contribution in [1.82, 2.24) is 15.5 Å². The van der Waals surface area contributed by atoms with Gasteiger partial charge in [0.05, 0.1) is 26.6 Å². The predicted molar refractivity (Wildman–Crippen MR) is 157 cm³/mol. The van der Waals surface area contributed by atoms with E-state index in [9.17, 15) is 19.2 Å². The lowest BCUT2D eigenvalue weighted by molar-refractivity contribution is -0.152. The highest BCUT2D eigenvalue weighted by Crippen LogP contribution is 2.21. The molecule has 0 saturated carbocycles. The van der Waals surface area contributed by atoms with Crippen LogP contribution in [0.3, 0.4) is 0 Å². The Morgan fingerprint density at radius 1 is 1.00 bits per heavy atom. The molecule has 10 nitrogen and oxygen atoms in total. The van der Waals surface area contributed by atoms with E-state index in [0.717, 1.165) is 5.56 Å². The predicted octanol–water partition coefficient (Wildman–Crippen LogP) is 3.77. The molecular formula is C32H43N3O7. The molecule has 3 atom stereocenters. The maximum atomic E-state index is 13.9. The summed E-state index contributed by atoms with van der Waals surface area (Å²) in [6.07, 6.45) is 1.57. The molecule has 1 heterocycles. The Morgan fingerprint density at radius 2 is 1.76 bits per heavy atom. The summed E-state index contributed by atoms with van der Waals surface area (Å²) in [5.41, 5.74) is 0.899. The van der Waals surface area contributed by atoms with Gasteiger partial charge >= 0.3 is 18.0 Å². The van der Waals surface area contributed by atoms with E-state index < -0.39 is 60.2 Å². The molecule has 2 aromatic rings. The molecule has 10 heteroatoms. The molecule has 0 bridgehead atoms. The zero-order valence-electron chi connectivity index (χ0n) is 29.2. The molecule has 0 radical (unpaired) electrons. The summed E-state index contributed by atoms with van der Waals surface area (Å²) in [6.45, 7) is 2.43. The summed E-state index contributed by atoms with van der Waals surface area (Å²) in [4.78, 5) is 53.0. The number of alkyl carbamates (subject to hydrolysis) is 1. The molecule has 0 aliphatic carbocycles. The molecule has 2 aromatic carbocycles. The van der Waals surface area contributed by atoms with Crippen LogP contribution in [-0.2, 0) is 41.6 Å². The molecule has 228 valence electrons. The van der Waals surface area contributed by atoms with Crippen molar-refractivity contribution < 1.29 is 40.2 Å². The number of methoxy groups -OCH3 is 1. The van der Waals surface area contributed by atoms with Crippen LogP contribution in [0.2, 0.25) is 0 Å². The van der Waals surface area contributed by atoms with E-state index in [1.54, 1.807) is 6.92 Å². The van der Waals surface area contributed by atoms with Crippen molar-refractivity contribution in [1.29, 1.82) is 0 Å². The monoisotopic (exact) mass is 586 g/mol. The molecule has 0 unspecified atom stereocenters. The van der Waals surface area contributed by atoms with Crippen molar-refractivity contribution in [2.75, 3.05) is 26.8 Å². The van der Waals surface area contributed by atoms with E-state index >= 15 is 0 Å². The lowest BCUT2D eigenvalue weighted by atomic mass is 10.0. The summed E-state index contributed by atoms with van der Waals surface area (Å²) in [7, 11) is 1.26. The summed E-state index contributed by atoms with van der Waals surface area (Å²) < 4.78 is 55.7. The number of esters is 2. The third-order valence-corrected chi connectivity index (χ3v) is 6.92. The molecule has 2 amide bonds. The highest BCUT2D eigenvalue weighted by molar-refractivity contribution is 5.88. The van der Waals surface area contributed by atoms with Crippen molar-refractivity contribution in [3.05, 3.63) is 71.7 Å². The van der Waals surface area contributed by atoms with Gasteiger partial charge in [-0.05, 0) is 63.0 Å². The average molecular weight is 587 g/mol. The number of carbonyl (C=O) groups excluding carboxylic acids is 4. The van der Waals surface area contributed by atoms with Gasteiger partial charge in [-0.2, -0.15) is 0 Å². The number of nitrogens with zero attached hydrogens (tertiary/aromatic N) is 1. The fourth-order valence-corrected chi connectivity index (χ4v) is 4.77. The Morgan fingerprint density at radius 3 is 2.48 bits per heavy atom. The number of amides is 2. The van der Waals surface area contributed by atoms with Gasteiger partial charge in [-0.3, -0.25) is 14.9 Å². The third kappa shape index (κ3) is 10.5. The molecule has 1 saturated heterocycles. The van der Waals surface area contributed by atoms with E-state index in [4.69, 9.17) is 21.1 Å². The number of nitrogens with one attached hydrogen (secondary N) is 2. The molecular weight excluding hydrogens is 538 g/mol. The van der Waals surface area contributed by atoms with Crippen LogP contribution in [0.15, 0.2) is 60.5 Å². The van der Waals surface area contributed by atoms with Gasteiger partial charge in [0.15, 0.2) is 0 Å². The molecule has 1 aliphatic rings. The summed E-state index contributed by atoms with van der Waals surface area (Å²) in [5.74, 6) is -1.59. The Kier molecular flexibility index (Phi) is 10.9. The van der Waals surface area contributed by atoms with Gasteiger partial charge in [-0.15, -0.1) is 0 Å². The molecule has 1 fully saturated rings. The zero-order valence-corrected chi connectivity index (χ0v) is 24.2. The second-order valence-corrected chi connectivity index (χ2v) is 9.86. The van der Waals surface area contributed by atoms with E-state index in [0.29, 0.717) is 32.2 Å². The fraction of sp³-hybridized carbons (Fsp3) is 0.500. The van der Waals surface area contributed by atoms with Gasteiger partial charge in [-0.1, -0.05) is 60.5 Å². The Labute approximate surface area is 255 Å². The summed E-state index contributed by atoms with van der Waals surface area (Å²) in [5, 5.41) is 5.78. The Bertz CT molecular complexity index is 1370. The minimum Gasteiger partial charge on any atom is -0.467 e. The Balaban J connectivity index is 1.72. The van der Waals surface area contributed by atoms with Crippen LogP contribution >= 0.6 is 0 Å². The molecule has 3 rings (SSSR count). The first kappa shape index (κ1) is 25.8. The van der Waals surface area contributed by atoms with Gasteiger partial charge in [-0.25, -0.2) is 9.59 Å². The number of likely N-dealkylation sites (tertiary alicyclic amines) is 1. The van der Waals surface area contributed by atoms with Gasteiger partial charge in [0.2, 0.25) is 5.91 Å². The maximum Gasteiger partial charge on any atom is 0.407 e. The topological polar surface area (TPSA) is 123 Å². The van der Waals surface area contributed by atoms with Crippen LogP contribution in [0.4, 0.5) is 4.79 Å². The second kappa shape index (κ2) is 17.8. The second-order valence-electron chi connectivity index (χ2n) is 9.86. The van der Waals surface area contributed by atoms with Crippen molar-refractivity contribution in [3.8, 4) is 0 Å². The lowest BCUT2D eigenvalue weighted by Gasteiger charge is -2.30. The lowest BCUT2D eigenvalue weighted by Crippen LogP contribution is -2.54. The number of unbranched alkanes of at least 4 members (excludes halogenated alkanes) is 1. The molecule has 2 N–H and O–H groups in total. The quantitative estimate of drug-likeness (QED) is 0.173. The standard InChI is InChI=1S/C32H43N3O7/c1-3-41-30(37)27(20-19-24-13-6-4-7-14-24)34-26(29(36)35-22-12-18-28(35)31(38)40-2)17-10-11-21-33-32(39)42-23-25-15-8-5-9-16-25/h4-9,13-16,26-28,34H,3,10-12,17-23H2,1-2H3,(H,33,39)/t26-,27-,28-/m0/s1/i4D,6D,7D,13D,14D. The van der Waals surface area contributed by atoms with Gasteiger partial charge in [0.1, 0.15) is 18.7 Å². The first-order chi connectivity index (χ1) is 22.5. The van der Waals surface area contributed by atoms with Crippen LogP contribution in [0.25, 0.3) is 0 Å². The normalized spacial score (nSPS) is 17.5. The highest BCUT2D eigenvalue weighted by Gasteiger charge is 2.38. The van der Waals surface area contributed by atoms with Crippen LogP contribution in [0.5, 0.6) is 0 Å². The van der Waals surface area contributed by atoms with Crippen molar-refractivity contribution in [2.45, 2.75) is 76.6 Å². The SMILES string of the molecule is [2H]c1c([2H])c([2H])c(CC[C@H](N[C@@H](CCCCNC(=O)OCc2ccccc2)C(=O)N2CCC[C@H]2C(=O)OC)C(=O)OCC)c([2H])c1[2H]. The van der Waals surface area contributed by atoms with E-state index in [1.165, 1.54) is 12.0 Å². The number of hydrogen-bond donors (Lipinski definition) is 2. The minimum atomic E-state index is -1.06.